The van der Waals surface area contributed by atoms with E-state index in [1.165, 1.54) is 24.0 Å². The number of pyridine rings is 1. The van der Waals surface area contributed by atoms with Gasteiger partial charge in [-0.3, -0.25) is 4.79 Å². The van der Waals surface area contributed by atoms with E-state index in [0.717, 1.165) is 49.3 Å². The molecule has 0 aliphatic carbocycles. The van der Waals surface area contributed by atoms with Crippen molar-refractivity contribution in [2.75, 3.05) is 13.1 Å². The second-order valence-corrected chi connectivity index (χ2v) is 8.80. The van der Waals surface area contributed by atoms with Gasteiger partial charge >= 0.3 is 0 Å². The first-order valence-corrected chi connectivity index (χ1v) is 11.6. The third-order valence-corrected chi connectivity index (χ3v) is 6.38. The number of amides is 1. The van der Waals surface area contributed by atoms with Crippen LogP contribution in [0.2, 0.25) is 0 Å². The van der Waals surface area contributed by atoms with E-state index in [9.17, 15) is 4.79 Å². The topological polar surface area (TPSA) is 49.6 Å². The average Bonchev–Trinajstić information content (AvgIpc) is 2.93. The zero-order valence-corrected chi connectivity index (χ0v) is 19.0. The number of nitrogens with one attached hydrogen (secondary N) is 1. The Morgan fingerprint density at radius 3 is 2.42 bits per heavy atom. The van der Waals surface area contributed by atoms with Gasteiger partial charge in [0, 0.05) is 31.9 Å². The van der Waals surface area contributed by atoms with Crippen molar-refractivity contribution in [3.63, 3.8) is 0 Å². The lowest BCUT2D eigenvalue weighted by Crippen LogP contribution is -2.33. The predicted molar refractivity (Wildman–Crippen MR) is 125 cm³/mol. The third-order valence-electron chi connectivity index (χ3n) is 6.38. The van der Waals surface area contributed by atoms with Crippen LogP contribution in [0.25, 0.3) is 5.65 Å². The van der Waals surface area contributed by atoms with Crippen molar-refractivity contribution in [2.45, 2.75) is 65.5 Å². The molecule has 0 unspecified atom stereocenters. The molecule has 4 rings (SSSR count). The molecule has 1 amide bonds. The van der Waals surface area contributed by atoms with Gasteiger partial charge in [-0.25, -0.2) is 4.98 Å². The number of hydrogen-bond donors (Lipinski definition) is 1. The first kappa shape index (κ1) is 21.6. The Labute approximate surface area is 185 Å². The molecule has 31 heavy (non-hydrogen) atoms. The van der Waals surface area contributed by atoms with E-state index in [-0.39, 0.29) is 11.9 Å². The molecule has 5 heteroatoms. The first-order valence-electron chi connectivity index (χ1n) is 11.6. The summed E-state index contributed by atoms with van der Waals surface area (Å²) in [6, 6.07) is 13.1. The lowest BCUT2D eigenvalue weighted by molar-refractivity contribution is 0.0755. The molecule has 3 heterocycles. The van der Waals surface area contributed by atoms with Gasteiger partial charge < -0.3 is 14.6 Å². The minimum absolute atomic E-state index is 0.0726. The molecule has 1 aromatic carbocycles. The van der Waals surface area contributed by atoms with Gasteiger partial charge in [0.2, 0.25) is 0 Å². The number of carbonyl (C=O) groups is 1. The molecule has 1 saturated heterocycles. The Morgan fingerprint density at radius 2 is 1.74 bits per heavy atom. The average molecular weight is 419 g/mol. The van der Waals surface area contributed by atoms with Gasteiger partial charge in [-0.1, -0.05) is 49.6 Å². The second kappa shape index (κ2) is 9.65. The second-order valence-electron chi connectivity index (χ2n) is 8.80. The third kappa shape index (κ3) is 4.82. The summed E-state index contributed by atoms with van der Waals surface area (Å²) in [6.07, 6.45) is 7.60. The number of aryl methyl sites for hydroxylation is 2. The maximum Gasteiger partial charge on any atom is 0.274 e. The number of carbonyl (C=O) groups excluding carboxylic acids is 1. The summed E-state index contributed by atoms with van der Waals surface area (Å²) < 4.78 is 2.08. The van der Waals surface area contributed by atoms with Crippen LogP contribution in [0.5, 0.6) is 0 Å². The summed E-state index contributed by atoms with van der Waals surface area (Å²) in [5.74, 6) is 0.0726. The largest absolute Gasteiger partial charge is 0.337 e. The quantitative estimate of drug-likeness (QED) is 0.598. The molecule has 0 spiro atoms. The molecule has 1 N–H and O–H groups in total. The Morgan fingerprint density at radius 1 is 1.03 bits per heavy atom. The maximum absolute atomic E-state index is 13.5. The SMILES string of the molecule is CC[C@H](NCc1c(C(=O)N2CCCCCC2)nc2cc(C)ccn12)c1ccc(C)cc1. The summed E-state index contributed by atoms with van der Waals surface area (Å²) in [7, 11) is 0. The number of nitrogens with zero attached hydrogens (tertiary/aromatic N) is 3. The normalized spacial score (nSPS) is 15.8. The van der Waals surface area contributed by atoms with Gasteiger partial charge in [-0.05, 0) is 56.4 Å². The van der Waals surface area contributed by atoms with Crippen LogP contribution in [0.15, 0.2) is 42.6 Å². The molecule has 3 aromatic rings. The van der Waals surface area contributed by atoms with Crippen molar-refractivity contribution in [2.24, 2.45) is 0 Å². The summed E-state index contributed by atoms with van der Waals surface area (Å²) in [5, 5.41) is 3.69. The van der Waals surface area contributed by atoms with E-state index < -0.39 is 0 Å². The maximum atomic E-state index is 13.5. The van der Waals surface area contributed by atoms with Crippen LogP contribution in [0, 0.1) is 13.8 Å². The fraction of sp³-hybridized carbons (Fsp3) is 0.462. The van der Waals surface area contributed by atoms with Gasteiger partial charge in [-0.2, -0.15) is 0 Å². The minimum Gasteiger partial charge on any atom is -0.337 e. The van der Waals surface area contributed by atoms with E-state index in [0.29, 0.717) is 12.2 Å². The first-order chi connectivity index (χ1) is 15.1. The van der Waals surface area contributed by atoms with Crippen molar-refractivity contribution >= 4 is 11.6 Å². The van der Waals surface area contributed by atoms with Crippen LogP contribution < -0.4 is 5.32 Å². The van der Waals surface area contributed by atoms with Gasteiger partial charge in [0.15, 0.2) is 5.69 Å². The van der Waals surface area contributed by atoms with Crippen molar-refractivity contribution in [3.8, 4) is 0 Å². The summed E-state index contributed by atoms with van der Waals surface area (Å²) >= 11 is 0. The molecule has 5 nitrogen and oxygen atoms in total. The van der Waals surface area contributed by atoms with Crippen LogP contribution in [-0.2, 0) is 6.54 Å². The van der Waals surface area contributed by atoms with Crippen molar-refractivity contribution in [3.05, 3.63) is 70.7 Å². The Balaban J connectivity index is 1.64. The number of benzene rings is 1. The number of aromatic nitrogens is 2. The number of likely N-dealkylation sites (tertiary alicyclic amines) is 1. The van der Waals surface area contributed by atoms with E-state index in [4.69, 9.17) is 4.98 Å². The van der Waals surface area contributed by atoms with Crippen LogP contribution in [0.1, 0.15) is 77.9 Å². The van der Waals surface area contributed by atoms with Crippen LogP contribution in [-0.4, -0.2) is 33.3 Å². The van der Waals surface area contributed by atoms with Gasteiger partial charge in [0.05, 0.1) is 5.69 Å². The molecular formula is C26H34N4O. The fourth-order valence-electron chi connectivity index (χ4n) is 4.48. The molecule has 0 radical (unpaired) electrons. The zero-order valence-electron chi connectivity index (χ0n) is 19.0. The molecule has 2 aromatic heterocycles. The van der Waals surface area contributed by atoms with Gasteiger partial charge in [-0.15, -0.1) is 0 Å². The van der Waals surface area contributed by atoms with Gasteiger partial charge in [0.1, 0.15) is 5.65 Å². The molecule has 0 bridgehead atoms. The minimum atomic E-state index is 0.0726. The molecular weight excluding hydrogens is 384 g/mol. The van der Waals surface area contributed by atoms with E-state index in [2.05, 4.69) is 66.9 Å². The zero-order chi connectivity index (χ0) is 21.8. The highest BCUT2D eigenvalue weighted by atomic mass is 16.2. The van der Waals surface area contributed by atoms with E-state index in [1.54, 1.807) is 0 Å². The van der Waals surface area contributed by atoms with E-state index in [1.807, 2.05) is 11.1 Å². The van der Waals surface area contributed by atoms with Crippen molar-refractivity contribution in [1.82, 2.24) is 19.6 Å². The van der Waals surface area contributed by atoms with Crippen LogP contribution in [0.4, 0.5) is 0 Å². The van der Waals surface area contributed by atoms with Crippen molar-refractivity contribution < 1.29 is 4.79 Å². The van der Waals surface area contributed by atoms with Gasteiger partial charge in [0.25, 0.3) is 5.91 Å². The summed E-state index contributed by atoms with van der Waals surface area (Å²) in [6.45, 7) is 8.63. The highest BCUT2D eigenvalue weighted by Gasteiger charge is 2.25. The fourth-order valence-corrected chi connectivity index (χ4v) is 4.48. The van der Waals surface area contributed by atoms with Crippen LogP contribution in [0.3, 0.4) is 0 Å². The highest BCUT2D eigenvalue weighted by Crippen LogP contribution is 2.22. The van der Waals surface area contributed by atoms with Crippen LogP contribution >= 0.6 is 0 Å². The smallest absolute Gasteiger partial charge is 0.274 e. The Hall–Kier alpha value is -2.66. The summed E-state index contributed by atoms with van der Waals surface area (Å²) in [4.78, 5) is 20.3. The lowest BCUT2D eigenvalue weighted by Gasteiger charge is -2.21. The highest BCUT2D eigenvalue weighted by molar-refractivity contribution is 5.94. The van der Waals surface area contributed by atoms with Crippen molar-refractivity contribution in [1.29, 1.82) is 0 Å². The number of fused-ring (bicyclic) bond motifs is 1. The standard InChI is InChI=1S/C26H34N4O/c1-4-22(21-11-9-19(2)10-12-21)27-18-23-25(26(31)29-14-7-5-6-8-15-29)28-24-17-20(3)13-16-30(23)24/h9-13,16-17,22,27H,4-8,14-15,18H2,1-3H3/t22-/m0/s1. The monoisotopic (exact) mass is 418 g/mol. The molecule has 1 fully saturated rings. The lowest BCUT2D eigenvalue weighted by atomic mass is 10.0. The molecule has 0 saturated carbocycles. The predicted octanol–water partition coefficient (Wildman–Crippen LogP) is 5.21. The Bertz CT molecular complexity index is 1030. The molecule has 1 aliphatic heterocycles. The Kier molecular flexibility index (Phi) is 6.71. The number of rotatable bonds is 6. The summed E-state index contributed by atoms with van der Waals surface area (Å²) in [5.41, 5.74) is 6.09. The number of imidazole rings is 1. The van der Waals surface area contributed by atoms with E-state index >= 15 is 0 Å². The molecule has 1 aliphatic rings. The number of hydrogen-bond acceptors (Lipinski definition) is 3. The molecule has 1 atom stereocenters. The molecule has 164 valence electrons.